The Kier molecular flexibility index (Phi) is 5.96. The van der Waals surface area contributed by atoms with Gasteiger partial charge < -0.3 is 11.1 Å². The lowest BCUT2D eigenvalue weighted by Gasteiger charge is -2.09. The van der Waals surface area contributed by atoms with Gasteiger partial charge in [0.25, 0.3) is 5.91 Å². The van der Waals surface area contributed by atoms with Gasteiger partial charge in [-0.15, -0.1) is 0 Å². The van der Waals surface area contributed by atoms with Gasteiger partial charge in [-0.3, -0.25) is 4.79 Å². The molecule has 0 fully saturated rings. The second kappa shape index (κ2) is 8.79. The van der Waals surface area contributed by atoms with E-state index in [-0.39, 0.29) is 5.91 Å². The highest BCUT2D eigenvalue weighted by Gasteiger charge is 2.08. The van der Waals surface area contributed by atoms with E-state index in [0.717, 1.165) is 17.5 Å². The maximum absolute atomic E-state index is 12.4. The quantitative estimate of drug-likeness (QED) is 0.696. The molecule has 0 aliphatic heterocycles. The topological polar surface area (TPSA) is 55.1 Å². The normalized spacial score (nSPS) is 10.8. The minimum atomic E-state index is -0.148. The van der Waals surface area contributed by atoms with Crippen LogP contribution in [0.15, 0.2) is 78.9 Å². The number of nitrogens with one attached hydrogen (secondary N) is 1. The molecule has 0 bridgehead atoms. The molecule has 129 valence electrons. The summed E-state index contributed by atoms with van der Waals surface area (Å²) in [6.45, 7) is 0.372. The van der Waals surface area contributed by atoms with Gasteiger partial charge in [0.15, 0.2) is 0 Å². The second-order valence-corrected chi connectivity index (χ2v) is 5.96. The second-order valence-electron chi connectivity index (χ2n) is 5.96. The number of amides is 1. The average Bonchev–Trinajstić information content (AvgIpc) is 2.70. The van der Waals surface area contributed by atoms with Crippen molar-refractivity contribution in [2.24, 2.45) is 5.73 Å². The predicted molar refractivity (Wildman–Crippen MR) is 107 cm³/mol. The van der Waals surface area contributed by atoms with Crippen LogP contribution in [0.4, 0.5) is 5.69 Å². The summed E-state index contributed by atoms with van der Waals surface area (Å²) in [5.74, 6) is -0.148. The molecule has 3 aromatic rings. The predicted octanol–water partition coefficient (Wildman–Crippen LogP) is 4.45. The Morgan fingerprint density at radius 3 is 2.54 bits per heavy atom. The summed E-state index contributed by atoms with van der Waals surface area (Å²) in [5.41, 5.74) is 10.2. The van der Waals surface area contributed by atoms with E-state index in [1.807, 2.05) is 48.5 Å². The van der Waals surface area contributed by atoms with Gasteiger partial charge in [-0.1, -0.05) is 66.7 Å². The lowest BCUT2D eigenvalue weighted by atomic mass is 10.1. The van der Waals surface area contributed by atoms with Crippen LogP contribution in [-0.4, -0.2) is 5.91 Å². The van der Waals surface area contributed by atoms with Crippen LogP contribution < -0.4 is 11.1 Å². The van der Waals surface area contributed by atoms with Crippen LogP contribution in [0.3, 0.4) is 0 Å². The Bertz CT molecular complexity index is 884. The molecule has 3 rings (SSSR count). The number of carbonyl (C=O) groups excluding carboxylic acids is 1. The number of allylic oxidation sites excluding steroid dienone is 1. The van der Waals surface area contributed by atoms with E-state index in [4.69, 9.17) is 5.73 Å². The molecule has 1 amide bonds. The van der Waals surface area contributed by atoms with Crippen molar-refractivity contribution in [1.82, 2.24) is 0 Å². The van der Waals surface area contributed by atoms with Gasteiger partial charge in [0, 0.05) is 17.8 Å². The van der Waals surface area contributed by atoms with Crippen molar-refractivity contribution in [1.29, 1.82) is 0 Å². The van der Waals surface area contributed by atoms with E-state index in [1.54, 1.807) is 12.1 Å². The zero-order valence-corrected chi connectivity index (χ0v) is 14.5. The fourth-order valence-corrected chi connectivity index (χ4v) is 2.64. The summed E-state index contributed by atoms with van der Waals surface area (Å²) < 4.78 is 0. The van der Waals surface area contributed by atoms with Crippen molar-refractivity contribution in [3.8, 4) is 0 Å². The SMILES string of the molecule is NCc1cc[c]cc1NC(=O)c1ccc(C/C=C/c2ccccc2)cc1. The number of nitrogens with two attached hydrogens (primary N) is 1. The Hall–Kier alpha value is -3.17. The minimum absolute atomic E-state index is 0.148. The molecule has 1 radical (unpaired) electrons. The fraction of sp³-hybridized carbons (Fsp3) is 0.0870. The molecule has 3 N–H and O–H groups in total. The molecule has 0 saturated heterocycles. The van der Waals surface area contributed by atoms with Crippen molar-refractivity contribution in [3.05, 3.63) is 107 Å². The van der Waals surface area contributed by atoms with Crippen LogP contribution in [0.5, 0.6) is 0 Å². The molecule has 0 atom stereocenters. The first-order chi connectivity index (χ1) is 12.8. The Morgan fingerprint density at radius 1 is 1.04 bits per heavy atom. The Labute approximate surface area is 154 Å². The smallest absolute Gasteiger partial charge is 0.255 e. The lowest BCUT2D eigenvalue weighted by Crippen LogP contribution is -2.14. The highest BCUT2D eigenvalue weighted by Crippen LogP contribution is 2.16. The zero-order chi connectivity index (χ0) is 18.2. The van der Waals surface area contributed by atoms with Crippen LogP contribution in [0.25, 0.3) is 6.08 Å². The monoisotopic (exact) mass is 341 g/mol. The highest BCUT2D eigenvalue weighted by atomic mass is 16.1. The average molecular weight is 341 g/mol. The molecule has 3 heteroatoms. The molecule has 0 saturated carbocycles. The van der Waals surface area contributed by atoms with E-state index < -0.39 is 0 Å². The van der Waals surface area contributed by atoms with Crippen molar-refractivity contribution in [2.45, 2.75) is 13.0 Å². The number of hydrogen-bond acceptors (Lipinski definition) is 2. The number of benzene rings is 3. The van der Waals surface area contributed by atoms with Gasteiger partial charge in [0.2, 0.25) is 0 Å². The maximum atomic E-state index is 12.4. The van der Waals surface area contributed by atoms with Crippen molar-refractivity contribution in [3.63, 3.8) is 0 Å². The molecule has 0 aliphatic carbocycles. The molecular weight excluding hydrogens is 320 g/mol. The van der Waals surface area contributed by atoms with Crippen LogP contribution >= 0.6 is 0 Å². The van der Waals surface area contributed by atoms with Gasteiger partial charge in [0.05, 0.1) is 0 Å². The summed E-state index contributed by atoms with van der Waals surface area (Å²) in [6, 6.07) is 26.2. The van der Waals surface area contributed by atoms with Gasteiger partial charge in [0.1, 0.15) is 0 Å². The Balaban J connectivity index is 1.62. The van der Waals surface area contributed by atoms with Crippen LogP contribution in [0.1, 0.15) is 27.0 Å². The molecule has 3 aromatic carbocycles. The summed E-state index contributed by atoms with van der Waals surface area (Å²) >= 11 is 0. The Morgan fingerprint density at radius 2 is 1.81 bits per heavy atom. The number of anilines is 1. The van der Waals surface area contributed by atoms with E-state index >= 15 is 0 Å². The van der Waals surface area contributed by atoms with E-state index in [0.29, 0.717) is 17.8 Å². The molecule has 0 aliphatic rings. The van der Waals surface area contributed by atoms with Crippen LogP contribution in [0.2, 0.25) is 0 Å². The zero-order valence-electron chi connectivity index (χ0n) is 14.5. The summed E-state index contributed by atoms with van der Waals surface area (Å²) in [6.07, 6.45) is 5.04. The third-order valence-electron chi connectivity index (χ3n) is 4.10. The van der Waals surface area contributed by atoms with Gasteiger partial charge in [-0.25, -0.2) is 0 Å². The summed E-state index contributed by atoms with van der Waals surface area (Å²) in [4.78, 5) is 12.4. The van der Waals surface area contributed by atoms with Crippen LogP contribution in [0, 0.1) is 6.07 Å². The van der Waals surface area contributed by atoms with Gasteiger partial charge >= 0.3 is 0 Å². The number of hydrogen-bond donors (Lipinski definition) is 2. The first-order valence-electron chi connectivity index (χ1n) is 8.57. The molecule has 0 aromatic heterocycles. The van der Waals surface area contributed by atoms with Gasteiger partial charge in [-0.2, -0.15) is 0 Å². The molecule has 3 nitrogen and oxygen atoms in total. The maximum Gasteiger partial charge on any atom is 0.255 e. The van der Waals surface area contributed by atoms with Crippen molar-refractivity contribution >= 4 is 17.7 Å². The first-order valence-corrected chi connectivity index (χ1v) is 8.57. The third kappa shape index (κ3) is 4.68. The first kappa shape index (κ1) is 17.6. The molecular formula is C23H21N2O. The number of carbonyl (C=O) groups is 1. The van der Waals surface area contributed by atoms with E-state index in [1.165, 1.54) is 5.56 Å². The van der Waals surface area contributed by atoms with Crippen molar-refractivity contribution in [2.75, 3.05) is 5.32 Å². The summed E-state index contributed by atoms with van der Waals surface area (Å²) in [5, 5.41) is 2.90. The molecule has 26 heavy (non-hydrogen) atoms. The van der Waals surface area contributed by atoms with Crippen molar-refractivity contribution < 1.29 is 4.79 Å². The molecule has 0 heterocycles. The number of rotatable bonds is 6. The van der Waals surface area contributed by atoms with E-state index in [9.17, 15) is 4.79 Å². The van der Waals surface area contributed by atoms with Crippen LogP contribution in [-0.2, 0) is 13.0 Å². The molecule has 0 spiro atoms. The summed E-state index contributed by atoms with van der Waals surface area (Å²) in [7, 11) is 0. The fourth-order valence-electron chi connectivity index (χ4n) is 2.64. The largest absolute Gasteiger partial charge is 0.326 e. The third-order valence-corrected chi connectivity index (χ3v) is 4.10. The standard InChI is InChI=1S/C23H21N2O/c24-17-21-11-4-5-12-22(21)25-23(26)20-15-13-19(14-16-20)10-6-9-18-7-2-1-3-8-18/h1-4,6-9,11-16H,10,17,24H2,(H,25,26)/b9-6+. The molecule has 0 unspecified atom stereocenters. The highest BCUT2D eigenvalue weighted by molar-refractivity contribution is 6.04. The minimum Gasteiger partial charge on any atom is -0.326 e. The van der Waals surface area contributed by atoms with Gasteiger partial charge in [-0.05, 0) is 47.4 Å². The lowest BCUT2D eigenvalue weighted by molar-refractivity contribution is 0.102. The van der Waals surface area contributed by atoms with E-state index in [2.05, 4.69) is 35.7 Å².